The fourth-order valence-corrected chi connectivity index (χ4v) is 7.29. The number of esters is 2. The van der Waals surface area contributed by atoms with Gasteiger partial charge in [-0.1, -0.05) is 38.2 Å². The number of hydrogen-bond acceptors (Lipinski definition) is 5. The number of ether oxygens (including phenoxy) is 2. The summed E-state index contributed by atoms with van der Waals surface area (Å²) in [5.41, 5.74) is 1.53. The molecule has 186 valence electrons. The molecule has 2 unspecified atom stereocenters. The summed E-state index contributed by atoms with van der Waals surface area (Å²) in [5.74, 6) is 1.12. The molecule has 3 fully saturated rings. The highest BCUT2D eigenvalue weighted by Gasteiger charge is 2.57. The standard InChI is InChI=1S/C28H45NO4/c1-19-11-12-24-23(10-8-9-17-29(6)7)25(14-16-27(19,24)4)28(5)15-13-22(32-20(2)30)18-26(28)33-21(3)31/h8-9,22-26H,1,10-18H2,2-7H3/b9-8-/t22-,23-,24?,25?,26-,27+,28+/m0/s1. The molecule has 33 heavy (non-hydrogen) atoms. The second-order valence-electron chi connectivity index (χ2n) is 11.6. The molecule has 0 N–H and O–H groups in total. The van der Waals surface area contributed by atoms with Gasteiger partial charge in [-0.15, -0.1) is 0 Å². The average molecular weight is 460 g/mol. The van der Waals surface area contributed by atoms with Gasteiger partial charge in [-0.05, 0) is 82.2 Å². The lowest BCUT2D eigenvalue weighted by Crippen LogP contribution is -2.53. The predicted octanol–water partition coefficient (Wildman–Crippen LogP) is 5.55. The Labute approximate surface area is 201 Å². The van der Waals surface area contributed by atoms with Crippen LogP contribution in [-0.2, 0) is 19.1 Å². The summed E-state index contributed by atoms with van der Waals surface area (Å²) in [7, 11) is 4.19. The molecule has 3 saturated carbocycles. The van der Waals surface area contributed by atoms with E-state index in [0.29, 0.717) is 24.2 Å². The van der Waals surface area contributed by atoms with E-state index in [1.165, 1.54) is 25.8 Å². The quantitative estimate of drug-likeness (QED) is 0.369. The van der Waals surface area contributed by atoms with E-state index in [4.69, 9.17) is 9.47 Å². The zero-order valence-electron chi connectivity index (χ0n) is 21.7. The van der Waals surface area contributed by atoms with Crippen molar-refractivity contribution in [2.45, 2.75) is 91.3 Å². The van der Waals surface area contributed by atoms with Gasteiger partial charge in [-0.2, -0.15) is 0 Å². The van der Waals surface area contributed by atoms with Gasteiger partial charge in [0.1, 0.15) is 12.2 Å². The van der Waals surface area contributed by atoms with Crippen LogP contribution in [0.15, 0.2) is 24.3 Å². The van der Waals surface area contributed by atoms with Gasteiger partial charge < -0.3 is 14.4 Å². The Morgan fingerprint density at radius 1 is 1.03 bits per heavy atom. The van der Waals surface area contributed by atoms with Crippen molar-refractivity contribution in [1.29, 1.82) is 0 Å². The maximum absolute atomic E-state index is 12.1. The zero-order valence-corrected chi connectivity index (χ0v) is 21.7. The van der Waals surface area contributed by atoms with E-state index >= 15 is 0 Å². The van der Waals surface area contributed by atoms with E-state index in [9.17, 15) is 9.59 Å². The molecule has 0 saturated heterocycles. The highest BCUT2D eigenvalue weighted by molar-refractivity contribution is 5.67. The Balaban J connectivity index is 1.90. The molecule has 0 aromatic rings. The molecule has 5 nitrogen and oxygen atoms in total. The van der Waals surface area contributed by atoms with Crippen LogP contribution >= 0.6 is 0 Å². The first kappa shape index (κ1) is 26.0. The van der Waals surface area contributed by atoms with E-state index in [2.05, 4.69) is 51.6 Å². The van der Waals surface area contributed by atoms with Crippen molar-refractivity contribution in [3.63, 3.8) is 0 Å². The van der Waals surface area contributed by atoms with Gasteiger partial charge in [0.15, 0.2) is 0 Å². The van der Waals surface area contributed by atoms with Crippen LogP contribution in [0.3, 0.4) is 0 Å². The topological polar surface area (TPSA) is 55.8 Å². The summed E-state index contributed by atoms with van der Waals surface area (Å²) in [6.07, 6.45) is 12.3. The lowest BCUT2D eigenvalue weighted by Gasteiger charge is -2.56. The first-order chi connectivity index (χ1) is 15.5. The summed E-state index contributed by atoms with van der Waals surface area (Å²) < 4.78 is 11.5. The van der Waals surface area contributed by atoms with Gasteiger partial charge >= 0.3 is 11.9 Å². The second kappa shape index (κ2) is 10.3. The summed E-state index contributed by atoms with van der Waals surface area (Å²) >= 11 is 0. The summed E-state index contributed by atoms with van der Waals surface area (Å²) in [5, 5.41) is 0. The zero-order chi connectivity index (χ0) is 24.4. The van der Waals surface area contributed by atoms with E-state index in [-0.39, 0.29) is 35.0 Å². The van der Waals surface area contributed by atoms with Crippen molar-refractivity contribution >= 4 is 11.9 Å². The monoisotopic (exact) mass is 459 g/mol. The molecule has 0 bridgehead atoms. The fraction of sp³-hybridized carbons (Fsp3) is 0.786. The Morgan fingerprint density at radius 3 is 2.36 bits per heavy atom. The highest BCUT2D eigenvalue weighted by Crippen LogP contribution is 2.63. The van der Waals surface area contributed by atoms with Crippen molar-refractivity contribution in [2.75, 3.05) is 20.6 Å². The number of likely N-dealkylation sites (N-methyl/N-ethyl adjacent to an activating group) is 1. The maximum Gasteiger partial charge on any atom is 0.302 e. The lowest BCUT2D eigenvalue weighted by molar-refractivity contribution is -0.178. The van der Waals surface area contributed by atoms with Crippen molar-refractivity contribution in [3.05, 3.63) is 24.3 Å². The van der Waals surface area contributed by atoms with Crippen molar-refractivity contribution in [2.24, 2.45) is 28.6 Å². The minimum absolute atomic E-state index is 0.117. The molecule has 3 aliphatic rings. The van der Waals surface area contributed by atoms with Crippen LogP contribution in [-0.4, -0.2) is 49.7 Å². The molecule has 0 radical (unpaired) electrons. The van der Waals surface area contributed by atoms with E-state index in [1.54, 1.807) is 0 Å². The van der Waals surface area contributed by atoms with Crippen molar-refractivity contribution < 1.29 is 19.1 Å². The molecule has 0 aromatic carbocycles. The first-order valence-electron chi connectivity index (χ1n) is 12.8. The summed E-state index contributed by atoms with van der Waals surface area (Å²) in [6, 6.07) is 0. The van der Waals surface area contributed by atoms with Crippen LogP contribution in [0.25, 0.3) is 0 Å². The minimum atomic E-state index is -0.257. The van der Waals surface area contributed by atoms with E-state index in [1.807, 2.05) is 0 Å². The van der Waals surface area contributed by atoms with Crippen LogP contribution in [0.2, 0.25) is 0 Å². The van der Waals surface area contributed by atoms with Crippen LogP contribution in [0, 0.1) is 28.6 Å². The van der Waals surface area contributed by atoms with E-state index < -0.39 is 0 Å². The van der Waals surface area contributed by atoms with Gasteiger partial charge in [-0.3, -0.25) is 9.59 Å². The largest absolute Gasteiger partial charge is 0.462 e. The molecule has 0 spiro atoms. The third-order valence-electron chi connectivity index (χ3n) is 9.14. The van der Waals surface area contributed by atoms with Crippen LogP contribution in [0.5, 0.6) is 0 Å². The third kappa shape index (κ3) is 5.55. The maximum atomic E-state index is 12.1. The minimum Gasteiger partial charge on any atom is -0.462 e. The van der Waals surface area contributed by atoms with Crippen LogP contribution in [0.1, 0.15) is 79.1 Å². The number of carbonyl (C=O) groups is 2. The molecule has 0 amide bonds. The Morgan fingerprint density at radius 2 is 1.73 bits per heavy atom. The third-order valence-corrected chi connectivity index (χ3v) is 9.14. The molecule has 0 aromatic heterocycles. The molecule has 7 atom stereocenters. The predicted molar refractivity (Wildman–Crippen MR) is 132 cm³/mol. The number of fused-ring (bicyclic) bond motifs is 1. The molecule has 0 heterocycles. The number of allylic oxidation sites excluding steroid dienone is 2. The van der Waals surface area contributed by atoms with Gasteiger partial charge in [0.05, 0.1) is 0 Å². The van der Waals surface area contributed by atoms with Crippen LogP contribution in [0.4, 0.5) is 0 Å². The Bertz CT molecular complexity index is 774. The van der Waals surface area contributed by atoms with Gasteiger partial charge in [-0.25, -0.2) is 0 Å². The molecular formula is C28H45NO4. The van der Waals surface area contributed by atoms with Gasteiger partial charge in [0, 0.05) is 32.2 Å². The molecule has 5 heteroatoms. The molecular weight excluding hydrogens is 414 g/mol. The van der Waals surface area contributed by atoms with Crippen LogP contribution < -0.4 is 0 Å². The highest BCUT2D eigenvalue weighted by atomic mass is 16.6. The lowest BCUT2D eigenvalue weighted by atomic mass is 9.50. The number of carbonyl (C=O) groups excluding carboxylic acids is 2. The van der Waals surface area contributed by atoms with E-state index in [0.717, 1.165) is 45.1 Å². The number of rotatable bonds is 7. The Hall–Kier alpha value is -1.62. The number of nitrogens with zero attached hydrogens (tertiary/aromatic N) is 1. The normalized spacial score (nSPS) is 39.0. The van der Waals surface area contributed by atoms with Gasteiger partial charge in [0.2, 0.25) is 0 Å². The van der Waals surface area contributed by atoms with Crippen molar-refractivity contribution in [3.8, 4) is 0 Å². The summed E-state index contributed by atoms with van der Waals surface area (Å²) in [6.45, 7) is 13.1. The molecule has 0 aliphatic heterocycles. The number of hydrogen-bond donors (Lipinski definition) is 0. The smallest absolute Gasteiger partial charge is 0.302 e. The SMILES string of the molecule is C=C1CCC2[C@H](C/C=C\CN(C)C)C([C@@]3(C)CC[C@H](OC(C)=O)C[C@@H]3OC(C)=O)CC[C@]12C. The van der Waals surface area contributed by atoms with Gasteiger partial charge in [0.25, 0.3) is 0 Å². The second-order valence-corrected chi connectivity index (χ2v) is 11.6. The first-order valence-corrected chi connectivity index (χ1v) is 12.8. The molecule has 3 rings (SSSR count). The average Bonchev–Trinajstić information content (AvgIpc) is 3.02. The Kier molecular flexibility index (Phi) is 8.14. The molecule has 3 aliphatic carbocycles. The van der Waals surface area contributed by atoms with Crippen molar-refractivity contribution in [1.82, 2.24) is 4.90 Å². The summed E-state index contributed by atoms with van der Waals surface area (Å²) in [4.78, 5) is 25.9. The fourth-order valence-electron chi connectivity index (χ4n) is 7.29.